The number of nitrogens with one attached hydrogen (secondary N) is 2. The zero-order chi connectivity index (χ0) is 20.4. The van der Waals surface area contributed by atoms with Crippen LogP contribution < -0.4 is 15.4 Å². The van der Waals surface area contributed by atoms with Crippen molar-refractivity contribution in [1.82, 2.24) is 20.8 Å². The van der Waals surface area contributed by atoms with Gasteiger partial charge in [-0.1, -0.05) is 17.3 Å². The van der Waals surface area contributed by atoms with Crippen LogP contribution in [0.15, 0.2) is 33.8 Å². The molecule has 28 heavy (non-hydrogen) atoms. The van der Waals surface area contributed by atoms with E-state index in [9.17, 15) is 0 Å². The maximum atomic E-state index is 5.94. The van der Waals surface area contributed by atoms with Gasteiger partial charge in [-0.25, -0.2) is 4.99 Å². The van der Waals surface area contributed by atoms with Crippen molar-refractivity contribution in [3.8, 4) is 5.75 Å². The summed E-state index contributed by atoms with van der Waals surface area (Å²) in [5.41, 5.74) is 1.17. The molecule has 1 heterocycles. The number of guanidine groups is 1. The minimum Gasteiger partial charge on any atom is -0.489 e. The lowest BCUT2D eigenvalue weighted by Gasteiger charge is -2.17. The van der Waals surface area contributed by atoms with E-state index in [4.69, 9.17) is 14.0 Å². The summed E-state index contributed by atoms with van der Waals surface area (Å²) in [6.07, 6.45) is -0.217. The lowest BCUT2D eigenvalue weighted by Crippen LogP contribution is -2.41. The first-order chi connectivity index (χ1) is 13.5. The van der Waals surface area contributed by atoms with Crippen molar-refractivity contribution < 1.29 is 14.0 Å². The van der Waals surface area contributed by atoms with E-state index in [-0.39, 0.29) is 18.8 Å². The van der Waals surface area contributed by atoms with Gasteiger partial charge in [-0.2, -0.15) is 4.98 Å². The van der Waals surface area contributed by atoms with E-state index in [1.165, 1.54) is 5.56 Å². The molecule has 0 fully saturated rings. The summed E-state index contributed by atoms with van der Waals surface area (Å²) < 4.78 is 16.7. The molecule has 0 saturated heterocycles. The zero-order valence-corrected chi connectivity index (χ0v) is 17.4. The number of hydrogen-bond donors (Lipinski definition) is 2. The number of benzene rings is 1. The Hall–Kier alpha value is -2.61. The fourth-order valence-electron chi connectivity index (χ4n) is 2.51. The number of aryl methyl sites for hydroxylation is 1. The first-order valence-electron chi connectivity index (χ1n) is 9.71. The summed E-state index contributed by atoms with van der Waals surface area (Å²) in [5.74, 6) is 2.51. The van der Waals surface area contributed by atoms with Gasteiger partial charge >= 0.3 is 0 Å². The van der Waals surface area contributed by atoms with Crippen molar-refractivity contribution in [2.45, 2.75) is 53.4 Å². The Morgan fingerprint density at radius 2 is 2.07 bits per heavy atom. The first-order valence-corrected chi connectivity index (χ1v) is 9.71. The molecule has 8 nitrogen and oxygen atoms in total. The fraction of sp³-hybridized carbons (Fsp3) is 0.550. The van der Waals surface area contributed by atoms with Crippen LogP contribution in [0.1, 0.15) is 51.1 Å². The number of aliphatic imine (C=N–C) groups is 1. The Morgan fingerprint density at radius 1 is 1.25 bits per heavy atom. The Bertz CT molecular complexity index is 747. The molecule has 8 heteroatoms. The van der Waals surface area contributed by atoms with Crippen LogP contribution in [0, 0.1) is 6.92 Å². The van der Waals surface area contributed by atoms with Crippen molar-refractivity contribution in [2.24, 2.45) is 4.99 Å². The van der Waals surface area contributed by atoms with Gasteiger partial charge in [0.15, 0.2) is 11.8 Å². The van der Waals surface area contributed by atoms with E-state index in [0.717, 1.165) is 12.3 Å². The van der Waals surface area contributed by atoms with E-state index >= 15 is 0 Å². The minimum atomic E-state index is -0.197. The van der Waals surface area contributed by atoms with Crippen LogP contribution in [0.2, 0.25) is 0 Å². The van der Waals surface area contributed by atoms with Gasteiger partial charge in [0.2, 0.25) is 5.89 Å². The smallest absolute Gasteiger partial charge is 0.248 e. The van der Waals surface area contributed by atoms with E-state index in [2.05, 4.69) is 25.8 Å². The molecule has 154 valence electrons. The Balaban J connectivity index is 1.87. The van der Waals surface area contributed by atoms with E-state index < -0.39 is 0 Å². The molecule has 0 bridgehead atoms. The molecule has 1 aromatic carbocycles. The van der Waals surface area contributed by atoms with Crippen LogP contribution in [0.25, 0.3) is 0 Å². The van der Waals surface area contributed by atoms with Crippen molar-refractivity contribution in [3.63, 3.8) is 0 Å². The van der Waals surface area contributed by atoms with Crippen LogP contribution in [0.3, 0.4) is 0 Å². The highest BCUT2D eigenvalue weighted by molar-refractivity contribution is 5.79. The van der Waals surface area contributed by atoms with Crippen molar-refractivity contribution >= 4 is 5.96 Å². The number of ether oxygens (including phenoxy) is 2. The van der Waals surface area contributed by atoms with Crippen LogP contribution >= 0.6 is 0 Å². The maximum Gasteiger partial charge on any atom is 0.248 e. The second-order valence-corrected chi connectivity index (χ2v) is 6.46. The van der Waals surface area contributed by atoms with Gasteiger partial charge < -0.3 is 24.6 Å². The molecular formula is C20H31N5O3. The average Bonchev–Trinajstić information content (AvgIpc) is 3.13. The van der Waals surface area contributed by atoms with Gasteiger partial charge in [0.05, 0.1) is 6.54 Å². The van der Waals surface area contributed by atoms with Gasteiger partial charge in [-0.3, -0.25) is 0 Å². The number of rotatable bonds is 10. The van der Waals surface area contributed by atoms with Crippen LogP contribution in [0.5, 0.6) is 5.75 Å². The molecule has 0 spiro atoms. The third-order valence-electron chi connectivity index (χ3n) is 3.86. The van der Waals surface area contributed by atoms with Crippen LogP contribution in [0.4, 0.5) is 0 Å². The van der Waals surface area contributed by atoms with Crippen molar-refractivity contribution in [2.75, 3.05) is 19.7 Å². The predicted octanol–water partition coefficient (Wildman–Crippen LogP) is 3.00. The second kappa shape index (κ2) is 11.3. The molecule has 2 unspecified atom stereocenters. The molecular weight excluding hydrogens is 358 g/mol. The zero-order valence-electron chi connectivity index (χ0n) is 17.4. The third kappa shape index (κ3) is 7.19. The molecule has 2 rings (SSSR count). The van der Waals surface area contributed by atoms with Gasteiger partial charge in [-0.15, -0.1) is 0 Å². The van der Waals surface area contributed by atoms with E-state index in [1.54, 1.807) is 0 Å². The quantitative estimate of drug-likeness (QED) is 0.476. The fourth-order valence-corrected chi connectivity index (χ4v) is 2.51. The molecule has 0 aliphatic rings. The molecule has 0 saturated carbocycles. The highest BCUT2D eigenvalue weighted by atomic mass is 16.5. The van der Waals surface area contributed by atoms with Crippen molar-refractivity contribution in [3.05, 3.63) is 41.5 Å². The second-order valence-electron chi connectivity index (χ2n) is 6.46. The lowest BCUT2D eigenvalue weighted by atomic mass is 10.2. The molecule has 0 aliphatic heterocycles. The standard InChI is InChI=1S/C20H31N5O3/c1-6-21-20(22-12-15(4)27-17-10-8-9-14(3)11-17)23-13-18-24-19(25-28-18)16(5)26-7-2/h8-11,15-16H,6-7,12-13H2,1-5H3,(H2,21,22,23). The number of aromatic nitrogens is 2. The molecule has 2 atom stereocenters. The first kappa shape index (κ1) is 21.7. The summed E-state index contributed by atoms with van der Waals surface area (Å²) in [6, 6.07) is 8.01. The largest absolute Gasteiger partial charge is 0.489 e. The summed E-state index contributed by atoms with van der Waals surface area (Å²) in [4.78, 5) is 8.83. The predicted molar refractivity (Wildman–Crippen MR) is 108 cm³/mol. The Labute approximate surface area is 166 Å². The highest BCUT2D eigenvalue weighted by Crippen LogP contribution is 2.14. The van der Waals surface area contributed by atoms with Crippen LogP contribution in [-0.4, -0.2) is 41.9 Å². The molecule has 0 amide bonds. The highest BCUT2D eigenvalue weighted by Gasteiger charge is 2.13. The number of nitrogens with zero attached hydrogens (tertiary/aromatic N) is 3. The Kier molecular flexibility index (Phi) is 8.74. The van der Waals surface area contributed by atoms with Crippen molar-refractivity contribution in [1.29, 1.82) is 0 Å². The molecule has 1 aromatic heterocycles. The molecule has 0 aliphatic carbocycles. The normalized spacial score (nSPS) is 13.8. The summed E-state index contributed by atoms with van der Waals surface area (Å²) in [7, 11) is 0. The average molecular weight is 390 g/mol. The summed E-state index contributed by atoms with van der Waals surface area (Å²) >= 11 is 0. The van der Waals surface area contributed by atoms with E-state index in [1.807, 2.05) is 58.9 Å². The molecule has 2 aromatic rings. The third-order valence-corrected chi connectivity index (χ3v) is 3.86. The van der Waals surface area contributed by atoms with Crippen LogP contribution in [-0.2, 0) is 11.3 Å². The summed E-state index contributed by atoms with van der Waals surface area (Å²) in [5, 5.41) is 10.4. The SMILES string of the molecule is CCNC(=NCc1nc(C(C)OCC)no1)NCC(C)Oc1cccc(C)c1. The monoisotopic (exact) mass is 389 g/mol. The minimum absolute atomic E-state index is 0.0206. The summed E-state index contributed by atoms with van der Waals surface area (Å²) in [6.45, 7) is 12.1. The number of hydrogen-bond acceptors (Lipinski definition) is 6. The van der Waals surface area contributed by atoms with E-state index in [0.29, 0.717) is 30.8 Å². The van der Waals surface area contributed by atoms with Gasteiger partial charge in [0, 0.05) is 13.2 Å². The van der Waals surface area contributed by atoms with Gasteiger partial charge in [-0.05, 0) is 52.3 Å². The molecule has 2 N–H and O–H groups in total. The lowest BCUT2D eigenvalue weighted by molar-refractivity contribution is 0.0683. The van der Waals surface area contributed by atoms with Gasteiger partial charge in [0.25, 0.3) is 0 Å². The van der Waals surface area contributed by atoms with Gasteiger partial charge in [0.1, 0.15) is 24.5 Å². The molecule has 0 radical (unpaired) electrons. The topological polar surface area (TPSA) is 93.8 Å². The Morgan fingerprint density at radius 3 is 2.79 bits per heavy atom. The maximum absolute atomic E-state index is 5.94.